The minimum absolute atomic E-state index is 0.0666. The van der Waals surface area contributed by atoms with Crippen LogP contribution in [-0.2, 0) is 20.3 Å². The molecule has 3 aromatic rings. The molecule has 3 aromatic carbocycles. The van der Waals surface area contributed by atoms with Gasteiger partial charge in [0.15, 0.2) is 0 Å². The quantitative estimate of drug-likeness (QED) is 0.127. The number of carbonyl (C=O) groups is 1. The van der Waals surface area contributed by atoms with Crippen molar-refractivity contribution in [3.05, 3.63) is 78.4 Å². The van der Waals surface area contributed by atoms with Crippen molar-refractivity contribution < 1.29 is 34.8 Å². The van der Waals surface area contributed by atoms with Crippen molar-refractivity contribution in [2.75, 3.05) is 23.8 Å². The molecule has 1 aliphatic rings. The van der Waals surface area contributed by atoms with E-state index in [4.69, 9.17) is 20.8 Å². The number of rotatable bonds is 9. The van der Waals surface area contributed by atoms with Crippen LogP contribution in [-0.4, -0.2) is 63.1 Å². The van der Waals surface area contributed by atoms with E-state index in [-0.39, 0.29) is 10.9 Å². The summed E-state index contributed by atoms with van der Waals surface area (Å²) >= 11 is 0. The van der Waals surface area contributed by atoms with Gasteiger partial charge in [-0.1, -0.05) is 17.7 Å². The Labute approximate surface area is 261 Å². The summed E-state index contributed by atoms with van der Waals surface area (Å²) in [7, 11) is -8.81. The maximum Gasteiger partial charge on any atom is 0.332 e. The van der Waals surface area contributed by atoms with Crippen LogP contribution in [0.1, 0.15) is 25.8 Å². The smallest absolute Gasteiger partial charge is 0.332 e. The van der Waals surface area contributed by atoms with Crippen LogP contribution in [0.3, 0.4) is 0 Å². The van der Waals surface area contributed by atoms with Gasteiger partial charge in [-0.15, -0.1) is 3.89 Å². The lowest BCUT2D eigenvalue weighted by molar-refractivity contribution is 0.198. The molecule has 0 unspecified atom stereocenters. The van der Waals surface area contributed by atoms with Crippen molar-refractivity contribution in [2.45, 2.75) is 42.6 Å². The van der Waals surface area contributed by atoms with E-state index in [0.29, 0.717) is 42.7 Å². The normalized spacial score (nSPS) is 14.3. The third kappa shape index (κ3) is 10.7. The zero-order chi connectivity index (χ0) is 33.4. The van der Waals surface area contributed by atoms with Gasteiger partial charge in [-0.3, -0.25) is 4.55 Å². The number of urea groups is 1. The van der Waals surface area contributed by atoms with Gasteiger partial charge >= 0.3 is 16.3 Å². The molecule has 0 saturated heterocycles. The Morgan fingerprint density at radius 2 is 1.42 bits per heavy atom. The van der Waals surface area contributed by atoms with Crippen LogP contribution in [0.15, 0.2) is 92.6 Å². The first-order valence-corrected chi connectivity index (χ1v) is 16.1. The maximum absolute atomic E-state index is 12.9. The Morgan fingerprint density at radius 1 is 0.911 bits per heavy atom. The number of guanidine groups is 2. The third-order valence-electron chi connectivity index (χ3n) is 6.17. The minimum Gasteiger partial charge on any atom is -0.494 e. The molecule has 0 aromatic heterocycles. The lowest BCUT2D eigenvalue weighted by Crippen LogP contribution is -2.54. The predicted octanol–water partition coefficient (Wildman–Crippen LogP) is 3.68. The zero-order valence-electron chi connectivity index (χ0n) is 24.6. The van der Waals surface area contributed by atoms with E-state index >= 15 is 0 Å². The zero-order valence-corrected chi connectivity index (χ0v) is 26.3. The van der Waals surface area contributed by atoms with Crippen LogP contribution in [0.25, 0.3) is 0 Å². The van der Waals surface area contributed by atoms with Gasteiger partial charge in [0.25, 0.3) is 10.1 Å². The van der Waals surface area contributed by atoms with Gasteiger partial charge in [-0.25, -0.2) is 9.79 Å². The third-order valence-corrected chi connectivity index (χ3v) is 7.88. The molecule has 0 bridgehead atoms. The number of hydrogen-bond donors (Lipinski definition) is 5. The molecule has 1 heterocycles. The monoisotopic (exact) mass is 663 g/mol. The maximum atomic E-state index is 12.9. The first-order chi connectivity index (χ1) is 20.9. The number of amides is 2. The van der Waals surface area contributed by atoms with E-state index in [1.807, 2.05) is 25.7 Å². The Morgan fingerprint density at radius 3 is 1.91 bits per heavy atom. The van der Waals surface area contributed by atoms with Gasteiger partial charge in [-0.05, 0) is 87.9 Å². The summed E-state index contributed by atoms with van der Waals surface area (Å²) in [6.07, 6.45) is 0.667. The number of halogens is 1. The Balaban J connectivity index is 0.000000423. The van der Waals surface area contributed by atoms with Gasteiger partial charge in [-0.2, -0.15) is 21.8 Å². The van der Waals surface area contributed by atoms with Crippen LogP contribution >= 0.6 is 0 Å². The summed E-state index contributed by atoms with van der Waals surface area (Å²) in [6.45, 7) is 6.64. The van der Waals surface area contributed by atoms with Crippen LogP contribution in [0.2, 0.25) is 0 Å². The molecule has 1 aliphatic heterocycles. The second-order valence-corrected chi connectivity index (χ2v) is 12.9. The fourth-order valence-corrected chi connectivity index (χ4v) is 4.90. The van der Waals surface area contributed by atoms with Gasteiger partial charge in [0.05, 0.1) is 16.4 Å². The lowest BCUT2D eigenvalue weighted by atomic mass is 10.2. The first-order valence-electron chi connectivity index (χ1n) is 13.3. The van der Waals surface area contributed by atoms with E-state index in [9.17, 15) is 25.5 Å². The molecule has 45 heavy (non-hydrogen) atoms. The summed E-state index contributed by atoms with van der Waals surface area (Å²) in [6, 6.07) is 16.9. The largest absolute Gasteiger partial charge is 0.494 e. The highest BCUT2D eigenvalue weighted by molar-refractivity contribution is 7.86. The minimum atomic E-state index is -4.79. The topological polar surface area (TPSA) is 219 Å². The number of nitrogens with two attached hydrogens (primary N) is 2. The van der Waals surface area contributed by atoms with E-state index in [0.717, 1.165) is 17.7 Å². The molecule has 14 nitrogen and oxygen atoms in total. The molecule has 0 spiro atoms. The summed E-state index contributed by atoms with van der Waals surface area (Å²) in [5, 5.41) is 5.17. The fraction of sp³-hybridized carbons (Fsp3) is 0.250. The molecular formula is C28H34FN7O7S2. The van der Waals surface area contributed by atoms with Gasteiger partial charge in [0, 0.05) is 17.9 Å². The van der Waals surface area contributed by atoms with Gasteiger partial charge in [0.1, 0.15) is 11.4 Å². The highest BCUT2D eigenvalue weighted by atomic mass is 32.3. The summed E-state index contributed by atoms with van der Waals surface area (Å²) in [5.74, 6) is 1.09. The number of aryl methyl sites for hydroxylation is 1. The number of ether oxygens (including phenoxy) is 1. The van der Waals surface area contributed by atoms with E-state index in [2.05, 4.69) is 20.6 Å². The molecule has 0 radical (unpaired) electrons. The molecule has 7 N–H and O–H groups in total. The number of nitrogens with one attached hydrogen (secondary N) is 2. The number of carbonyl (C=O) groups excluding carboxylic acids is 1. The Hall–Kier alpha value is -4.74. The lowest BCUT2D eigenvalue weighted by Gasteiger charge is -2.38. The fourth-order valence-electron chi connectivity index (χ4n) is 3.96. The molecule has 0 atom stereocenters. The molecule has 0 fully saturated rings. The second-order valence-electron chi connectivity index (χ2n) is 10.1. The average molecular weight is 664 g/mol. The van der Waals surface area contributed by atoms with Crippen molar-refractivity contribution in [2.24, 2.45) is 21.5 Å². The molecule has 2 amide bonds. The van der Waals surface area contributed by atoms with Crippen LogP contribution in [0.4, 0.5) is 20.1 Å². The van der Waals surface area contributed by atoms with E-state index < -0.39 is 36.9 Å². The predicted molar refractivity (Wildman–Crippen MR) is 169 cm³/mol. The average Bonchev–Trinajstić information content (AvgIpc) is 2.92. The number of hydrogen-bond acceptors (Lipinski definition) is 11. The molecule has 4 rings (SSSR count). The first kappa shape index (κ1) is 34.7. The van der Waals surface area contributed by atoms with Gasteiger partial charge in [0.2, 0.25) is 11.9 Å². The van der Waals surface area contributed by atoms with Crippen molar-refractivity contribution in [1.82, 2.24) is 4.90 Å². The Kier molecular flexibility index (Phi) is 11.1. The van der Waals surface area contributed by atoms with Crippen LogP contribution in [0, 0.1) is 6.92 Å². The molecule has 242 valence electrons. The van der Waals surface area contributed by atoms with Crippen molar-refractivity contribution in [1.29, 1.82) is 0 Å². The van der Waals surface area contributed by atoms with Gasteiger partial charge < -0.3 is 31.7 Å². The second kappa shape index (κ2) is 14.4. The summed E-state index contributed by atoms with van der Waals surface area (Å²) < 4.78 is 69.9. The number of aliphatic imine (C=N–C) groups is 2. The highest BCUT2D eigenvalue weighted by Crippen LogP contribution is 2.21. The highest BCUT2D eigenvalue weighted by Gasteiger charge is 2.31. The summed E-state index contributed by atoms with van der Waals surface area (Å²) in [4.78, 5) is 21.7. The molecule has 17 heteroatoms. The number of benzene rings is 3. The molecule has 0 saturated carbocycles. The van der Waals surface area contributed by atoms with Crippen LogP contribution < -0.4 is 26.8 Å². The van der Waals surface area contributed by atoms with Crippen LogP contribution in [0.5, 0.6) is 5.75 Å². The van der Waals surface area contributed by atoms with Crippen molar-refractivity contribution in [3.63, 3.8) is 0 Å². The summed E-state index contributed by atoms with van der Waals surface area (Å²) in [5.41, 5.74) is 12.8. The van der Waals surface area contributed by atoms with Crippen molar-refractivity contribution >= 4 is 49.7 Å². The SMILES string of the molecule is CC1(C)N=C(N)N=C(N)N1CCCOc1ccc(NC(=O)Nc2ccc(S(=O)(=O)F)cc2)cc1.Cc1ccc(S(=O)(=O)O)cc1. The number of nitrogens with zero attached hydrogens (tertiary/aromatic N) is 3. The van der Waals surface area contributed by atoms with E-state index in [1.165, 1.54) is 24.3 Å². The molecule has 0 aliphatic carbocycles. The van der Waals surface area contributed by atoms with Crippen molar-refractivity contribution in [3.8, 4) is 5.75 Å². The molecular weight excluding hydrogens is 629 g/mol. The Bertz CT molecular complexity index is 1760. The number of anilines is 2. The van der Waals surface area contributed by atoms with E-state index in [1.54, 1.807) is 36.4 Å². The standard InChI is InChI=1S/C21H26FN7O4S.C7H8O3S/c1-21(2)28-18(23)27-19(24)29(21)12-3-13-33-16-8-4-14(5-9-16)25-20(30)26-15-6-10-17(11-7-15)34(22,31)32;1-6-2-4-7(5-3-6)11(8,9)10/h4-11H,3,12-13H2,1-2H3,(H2,25,26,30)(H4,23,24,27,28);2-5H,1H3,(H,8,9,10).